The molecule has 0 aliphatic heterocycles. The molecule has 3 nitrogen and oxygen atoms in total. The molecule has 138 valence electrons. The quantitative estimate of drug-likeness (QED) is 0.520. The lowest BCUT2D eigenvalue weighted by Crippen LogP contribution is -2.14. The molecule has 0 atom stereocenters. The lowest BCUT2D eigenvalue weighted by molar-refractivity contribution is 0.414. The summed E-state index contributed by atoms with van der Waals surface area (Å²) >= 11 is 1.73. The maximum atomic E-state index is 4.87. The van der Waals surface area contributed by atoms with Gasteiger partial charge >= 0.3 is 0 Å². The summed E-state index contributed by atoms with van der Waals surface area (Å²) in [6.45, 7) is 1.05. The first-order valence-corrected chi connectivity index (χ1v) is 9.80. The molecule has 4 aromatic rings. The molecule has 27 heavy (non-hydrogen) atoms. The number of nitrogens with zero attached hydrogens (tertiary/aromatic N) is 2. The Kier molecular flexibility index (Phi) is 6.14. The highest BCUT2D eigenvalue weighted by Crippen LogP contribution is 2.29. The Morgan fingerprint density at radius 3 is 2.67 bits per heavy atom. The van der Waals surface area contributed by atoms with Crippen LogP contribution >= 0.6 is 11.3 Å². The van der Waals surface area contributed by atoms with Crippen molar-refractivity contribution < 1.29 is 0 Å². The molecule has 2 aromatic carbocycles. The third kappa shape index (κ3) is 4.49. The third-order valence-corrected chi connectivity index (χ3v) is 5.56. The summed E-state index contributed by atoms with van der Waals surface area (Å²) in [5.74, 6) is 0. The second-order valence-electron chi connectivity index (χ2n) is 6.93. The van der Waals surface area contributed by atoms with Gasteiger partial charge < -0.3 is 9.88 Å². The van der Waals surface area contributed by atoms with Crippen molar-refractivity contribution in [3.8, 4) is 10.6 Å². The number of aromatic amines is 1. The Hall–Kier alpha value is -2.37. The Morgan fingerprint density at radius 1 is 1.07 bits per heavy atom. The van der Waals surface area contributed by atoms with Crippen LogP contribution in [0.2, 0.25) is 0 Å². The number of hydrogen-bond donors (Lipinski definition) is 1. The van der Waals surface area contributed by atoms with E-state index in [9.17, 15) is 0 Å². The van der Waals surface area contributed by atoms with Gasteiger partial charge in [0, 0.05) is 41.0 Å². The fraction of sp³-hybridized carbons (Fsp3) is 0.227. The first kappa shape index (κ1) is 19.4. The van der Waals surface area contributed by atoms with Crippen molar-refractivity contribution in [2.75, 3.05) is 20.6 Å². The molecule has 0 bridgehead atoms. The monoisotopic (exact) mass is 375 g/mol. The average molecular weight is 375 g/mol. The van der Waals surface area contributed by atoms with Crippen LogP contribution in [0.15, 0.2) is 60.1 Å². The topological polar surface area (TPSA) is 31.9 Å². The molecule has 5 heteroatoms. The van der Waals surface area contributed by atoms with E-state index in [0.29, 0.717) is 0 Å². The highest BCUT2D eigenvalue weighted by molar-refractivity contribution is 7.13. The van der Waals surface area contributed by atoms with Crippen molar-refractivity contribution in [2.24, 2.45) is 0 Å². The van der Waals surface area contributed by atoms with E-state index >= 15 is 0 Å². The number of benzene rings is 2. The minimum Gasteiger partial charge on any atom is -0.361 e. The Labute approximate surface area is 166 Å². The minimum absolute atomic E-state index is 0. The summed E-state index contributed by atoms with van der Waals surface area (Å²) in [4.78, 5) is 10.5. The van der Waals surface area contributed by atoms with Crippen LogP contribution in [0, 0.1) is 0 Å². The van der Waals surface area contributed by atoms with E-state index < -0.39 is 0 Å². The normalized spacial score (nSPS) is 11.1. The molecule has 0 radical (unpaired) electrons. The van der Waals surface area contributed by atoms with Gasteiger partial charge in [-0.1, -0.05) is 30.3 Å². The van der Waals surface area contributed by atoms with Crippen LogP contribution in [0.3, 0.4) is 0 Å². The molecule has 2 aromatic heterocycles. The first-order chi connectivity index (χ1) is 12.7. The lowest BCUT2D eigenvalue weighted by Gasteiger charge is -2.08. The van der Waals surface area contributed by atoms with Crippen molar-refractivity contribution in [1.82, 2.24) is 14.9 Å². The van der Waals surface area contributed by atoms with Crippen molar-refractivity contribution in [1.29, 1.82) is 0 Å². The smallest absolute Gasteiger partial charge is 0.123 e. The van der Waals surface area contributed by atoms with Gasteiger partial charge in [0.1, 0.15) is 5.01 Å². The summed E-state index contributed by atoms with van der Waals surface area (Å²) < 4.78 is 0. The largest absolute Gasteiger partial charge is 0.361 e. The highest BCUT2D eigenvalue weighted by Gasteiger charge is 2.09. The van der Waals surface area contributed by atoms with E-state index in [4.69, 9.17) is 4.98 Å². The molecule has 0 unspecified atom stereocenters. The molecule has 2 heterocycles. The zero-order valence-corrected chi connectivity index (χ0v) is 16.0. The summed E-state index contributed by atoms with van der Waals surface area (Å²) in [6.07, 6.45) is 4.08. The van der Waals surface area contributed by atoms with Gasteiger partial charge in [0.15, 0.2) is 0 Å². The van der Waals surface area contributed by atoms with Crippen LogP contribution in [0.5, 0.6) is 0 Å². The number of likely N-dealkylation sites (N-methyl/N-ethyl adjacent to an activating group) is 1. The summed E-state index contributed by atoms with van der Waals surface area (Å²) in [6, 6.07) is 17.1. The first-order valence-electron chi connectivity index (χ1n) is 8.92. The van der Waals surface area contributed by atoms with Gasteiger partial charge in [0.05, 0.1) is 14.1 Å². The number of nitrogens with one attached hydrogen (secondary N) is 1. The van der Waals surface area contributed by atoms with E-state index in [0.717, 1.165) is 30.1 Å². The predicted octanol–water partition coefficient (Wildman–Crippen LogP) is 3.80. The summed E-state index contributed by atoms with van der Waals surface area (Å²) in [7, 11) is 4.23. The molecule has 4 rings (SSSR count). The van der Waals surface area contributed by atoms with Crippen molar-refractivity contribution in [2.45, 2.75) is 12.8 Å². The van der Waals surface area contributed by atoms with Crippen LogP contribution in [-0.2, 0) is 12.8 Å². The Morgan fingerprint density at radius 2 is 1.89 bits per heavy atom. The Balaban J connectivity index is 0.00000210. The number of rotatable bonds is 6. The van der Waals surface area contributed by atoms with Gasteiger partial charge in [0.2, 0.25) is 0 Å². The number of hydrogen-bond acceptors (Lipinski definition) is 3. The highest BCUT2D eigenvalue weighted by atomic mass is 32.1. The maximum absolute atomic E-state index is 4.87. The van der Waals surface area contributed by atoms with Crippen LogP contribution in [0.25, 0.3) is 21.5 Å². The maximum Gasteiger partial charge on any atom is 0.123 e. The van der Waals surface area contributed by atoms with Gasteiger partial charge in [-0.15, -0.1) is 11.3 Å². The third-order valence-electron chi connectivity index (χ3n) is 4.62. The predicted molar refractivity (Wildman–Crippen MR) is 121 cm³/mol. The standard InChI is InChI=1S/C22H23N3S.BH3/c1-25(2)11-10-18-14-23-21-9-8-17(13-20(18)21)22-24-19(15-26-22)12-16-6-4-3-5-7-16;/h3-9,13-15,23H,10-12H2,1-2H3;1H3. The summed E-state index contributed by atoms with van der Waals surface area (Å²) in [5.41, 5.74) is 6.21. The average Bonchev–Trinajstić information content (AvgIpc) is 3.27. The van der Waals surface area contributed by atoms with Crippen LogP contribution in [0.4, 0.5) is 0 Å². The second-order valence-corrected chi connectivity index (χ2v) is 7.79. The molecule has 0 saturated heterocycles. The zero-order valence-electron chi connectivity index (χ0n) is 15.2. The molecule has 0 aliphatic rings. The number of thiazole rings is 1. The van der Waals surface area contributed by atoms with Gasteiger partial charge in [-0.05, 0) is 49.8 Å². The van der Waals surface area contributed by atoms with Gasteiger partial charge in [-0.25, -0.2) is 4.98 Å². The van der Waals surface area contributed by atoms with Crippen molar-refractivity contribution in [3.05, 3.63) is 76.9 Å². The molecule has 0 fully saturated rings. The molecular formula is C22H26BN3S. The lowest BCUT2D eigenvalue weighted by atomic mass is 10.1. The van der Waals surface area contributed by atoms with E-state index in [1.165, 1.54) is 27.6 Å². The van der Waals surface area contributed by atoms with Crippen LogP contribution in [0.1, 0.15) is 16.8 Å². The molecule has 0 spiro atoms. The minimum atomic E-state index is 0. The molecule has 1 N–H and O–H groups in total. The van der Waals surface area contributed by atoms with E-state index in [1.54, 1.807) is 11.3 Å². The molecule has 0 amide bonds. The molecule has 0 saturated carbocycles. The fourth-order valence-electron chi connectivity index (χ4n) is 3.19. The SMILES string of the molecule is B.CN(C)CCc1c[nH]c2ccc(-c3nc(Cc4ccccc4)cs3)cc12. The summed E-state index contributed by atoms with van der Waals surface area (Å²) in [5, 5.41) is 4.58. The van der Waals surface area contributed by atoms with Gasteiger partial charge in [-0.2, -0.15) is 0 Å². The van der Waals surface area contributed by atoms with E-state index in [1.807, 2.05) is 0 Å². The van der Waals surface area contributed by atoms with E-state index in [2.05, 4.69) is 84.1 Å². The zero-order chi connectivity index (χ0) is 17.9. The second kappa shape index (κ2) is 8.55. The number of aromatic nitrogens is 2. The number of fused-ring (bicyclic) bond motifs is 1. The van der Waals surface area contributed by atoms with Gasteiger partial charge in [0.25, 0.3) is 0 Å². The molecular weight excluding hydrogens is 349 g/mol. The van der Waals surface area contributed by atoms with Crippen molar-refractivity contribution >= 4 is 30.7 Å². The van der Waals surface area contributed by atoms with E-state index in [-0.39, 0.29) is 8.41 Å². The van der Waals surface area contributed by atoms with Crippen LogP contribution in [-0.4, -0.2) is 43.9 Å². The van der Waals surface area contributed by atoms with Crippen LogP contribution < -0.4 is 0 Å². The molecule has 0 aliphatic carbocycles. The van der Waals surface area contributed by atoms with Gasteiger partial charge in [-0.3, -0.25) is 0 Å². The van der Waals surface area contributed by atoms with Crippen molar-refractivity contribution in [3.63, 3.8) is 0 Å². The Bertz CT molecular complexity index is 1000. The number of H-pyrrole nitrogens is 1. The fourth-order valence-corrected chi connectivity index (χ4v) is 4.00.